The minimum absolute atomic E-state index is 0.0452. The molecule has 3 N–H and O–H groups in total. The SMILES string of the molecule is Cn1c(=O)[nH]c(=O)c2c1nc(SCC(=O)O)n2CC(O)COc1ccccc1. The van der Waals surface area contributed by atoms with E-state index in [2.05, 4.69) is 9.97 Å². The zero-order chi connectivity index (χ0) is 20.3. The number of H-pyrrole nitrogens is 1. The van der Waals surface area contributed by atoms with Crippen molar-refractivity contribution in [1.82, 2.24) is 19.1 Å². The number of aromatic nitrogens is 4. The third kappa shape index (κ3) is 4.26. The Bertz CT molecular complexity index is 1100. The van der Waals surface area contributed by atoms with E-state index in [4.69, 9.17) is 9.84 Å². The number of aromatic amines is 1. The second-order valence-corrected chi connectivity index (χ2v) is 6.90. The summed E-state index contributed by atoms with van der Waals surface area (Å²) < 4.78 is 8.07. The Morgan fingerprint density at radius 1 is 1.32 bits per heavy atom. The van der Waals surface area contributed by atoms with Crippen molar-refractivity contribution in [2.75, 3.05) is 12.4 Å². The number of para-hydroxylation sites is 1. The smallest absolute Gasteiger partial charge is 0.329 e. The second kappa shape index (κ2) is 8.31. The van der Waals surface area contributed by atoms with E-state index in [1.165, 1.54) is 11.6 Å². The van der Waals surface area contributed by atoms with Gasteiger partial charge in [-0.15, -0.1) is 0 Å². The number of benzene rings is 1. The number of rotatable bonds is 8. The molecule has 0 amide bonds. The number of carboxylic acid groups (broad SMARTS) is 1. The summed E-state index contributed by atoms with van der Waals surface area (Å²) in [5.74, 6) is -0.761. The van der Waals surface area contributed by atoms with Crippen LogP contribution in [0.15, 0.2) is 45.1 Å². The lowest BCUT2D eigenvalue weighted by atomic mass is 10.3. The first kappa shape index (κ1) is 19.7. The summed E-state index contributed by atoms with van der Waals surface area (Å²) in [7, 11) is 1.44. The molecule has 0 saturated carbocycles. The van der Waals surface area contributed by atoms with Gasteiger partial charge >= 0.3 is 11.7 Å². The number of aliphatic hydroxyl groups excluding tert-OH is 1. The van der Waals surface area contributed by atoms with Crippen LogP contribution in [0.1, 0.15) is 0 Å². The molecule has 148 valence electrons. The van der Waals surface area contributed by atoms with Crippen LogP contribution in [0, 0.1) is 0 Å². The maximum Gasteiger partial charge on any atom is 0.329 e. The number of hydrogen-bond donors (Lipinski definition) is 3. The number of aryl methyl sites for hydroxylation is 1. The van der Waals surface area contributed by atoms with E-state index in [-0.39, 0.29) is 35.2 Å². The first-order valence-corrected chi connectivity index (χ1v) is 9.25. The van der Waals surface area contributed by atoms with Crippen LogP contribution in [0.25, 0.3) is 11.2 Å². The Hall–Kier alpha value is -3.05. The number of carbonyl (C=O) groups is 1. The van der Waals surface area contributed by atoms with Gasteiger partial charge in [-0.05, 0) is 12.1 Å². The number of thioether (sulfide) groups is 1. The van der Waals surface area contributed by atoms with Crippen molar-refractivity contribution in [2.45, 2.75) is 17.8 Å². The second-order valence-electron chi connectivity index (χ2n) is 5.96. The van der Waals surface area contributed by atoms with Gasteiger partial charge in [0.1, 0.15) is 18.5 Å². The first-order chi connectivity index (χ1) is 13.4. The van der Waals surface area contributed by atoms with Gasteiger partial charge in [-0.1, -0.05) is 30.0 Å². The summed E-state index contributed by atoms with van der Waals surface area (Å²) in [6.07, 6.45) is -1.00. The maximum absolute atomic E-state index is 12.3. The van der Waals surface area contributed by atoms with E-state index in [0.29, 0.717) is 5.75 Å². The lowest BCUT2D eigenvalue weighted by Gasteiger charge is -2.15. The molecular weight excluding hydrogens is 388 g/mol. The maximum atomic E-state index is 12.3. The number of carboxylic acids is 1. The number of nitrogens with zero attached hydrogens (tertiary/aromatic N) is 3. The molecule has 0 bridgehead atoms. The number of nitrogens with one attached hydrogen (secondary N) is 1. The van der Waals surface area contributed by atoms with Crippen LogP contribution in [-0.2, 0) is 18.4 Å². The van der Waals surface area contributed by atoms with Crippen LogP contribution >= 0.6 is 11.8 Å². The van der Waals surface area contributed by atoms with Crippen LogP contribution in [0.2, 0.25) is 0 Å². The number of aliphatic hydroxyl groups is 1. The molecule has 0 radical (unpaired) electrons. The summed E-state index contributed by atoms with van der Waals surface area (Å²) >= 11 is 0.893. The average Bonchev–Trinajstić information content (AvgIpc) is 3.02. The summed E-state index contributed by atoms with van der Waals surface area (Å²) in [5, 5.41) is 19.5. The van der Waals surface area contributed by atoms with Gasteiger partial charge in [-0.2, -0.15) is 0 Å². The molecular formula is C17H18N4O6S. The quantitative estimate of drug-likeness (QED) is 0.446. The Kier molecular flexibility index (Phi) is 5.85. The highest BCUT2D eigenvalue weighted by Gasteiger charge is 2.20. The van der Waals surface area contributed by atoms with Crippen molar-refractivity contribution >= 4 is 28.9 Å². The van der Waals surface area contributed by atoms with Gasteiger partial charge < -0.3 is 19.5 Å². The molecule has 0 aliphatic rings. The highest BCUT2D eigenvalue weighted by Crippen LogP contribution is 2.22. The molecule has 0 aliphatic heterocycles. The van der Waals surface area contributed by atoms with Crippen LogP contribution in [0.4, 0.5) is 0 Å². The largest absolute Gasteiger partial charge is 0.491 e. The number of ether oxygens (including phenoxy) is 1. The fraction of sp³-hybridized carbons (Fsp3) is 0.294. The monoisotopic (exact) mass is 406 g/mol. The fourth-order valence-corrected chi connectivity index (χ4v) is 3.32. The van der Waals surface area contributed by atoms with Gasteiger partial charge in [-0.25, -0.2) is 9.78 Å². The minimum atomic E-state index is -1.06. The van der Waals surface area contributed by atoms with Crippen molar-refractivity contribution in [2.24, 2.45) is 7.05 Å². The van der Waals surface area contributed by atoms with Crippen molar-refractivity contribution in [3.05, 3.63) is 51.2 Å². The third-order valence-electron chi connectivity index (χ3n) is 3.88. The van der Waals surface area contributed by atoms with E-state index >= 15 is 0 Å². The van der Waals surface area contributed by atoms with E-state index in [9.17, 15) is 19.5 Å². The van der Waals surface area contributed by atoms with Crippen LogP contribution in [0.3, 0.4) is 0 Å². The molecule has 10 nitrogen and oxygen atoms in total. The van der Waals surface area contributed by atoms with Gasteiger partial charge in [-0.3, -0.25) is 19.1 Å². The standard InChI is InChI=1S/C17H18N4O6S/c1-20-14-13(15(25)19-16(20)26)21(17(18-14)28-9-12(23)24)7-10(22)8-27-11-5-3-2-4-6-11/h2-6,10,22H,7-9H2,1H3,(H,23,24)(H,19,25,26). The van der Waals surface area contributed by atoms with Gasteiger partial charge in [0.25, 0.3) is 5.56 Å². The van der Waals surface area contributed by atoms with E-state index in [0.717, 1.165) is 16.3 Å². The summed E-state index contributed by atoms with van der Waals surface area (Å²) in [5.41, 5.74) is -1.11. The number of hydrogen-bond acceptors (Lipinski definition) is 7. The molecule has 0 fully saturated rings. The predicted molar refractivity (Wildman–Crippen MR) is 102 cm³/mol. The van der Waals surface area contributed by atoms with Crippen molar-refractivity contribution in [3.8, 4) is 5.75 Å². The topological polar surface area (TPSA) is 139 Å². The molecule has 11 heteroatoms. The normalized spacial score (nSPS) is 12.2. The van der Waals surface area contributed by atoms with E-state index in [1.54, 1.807) is 24.3 Å². The zero-order valence-electron chi connectivity index (χ0n) is 14.9. The molecule has 2 aromatic heterocycles. The van der Waals surface area contributed by atoms with E-state index in [1.807, 2.05) is 6.07 Å². The molecule has 0 spiro atoms. The van der Waals surface area contributed by atoms with Crippen molar-refractivity contribution < 1.29 is 19.7 Å². The lowest BCUT2D eigenvalue weighted by molar-refractivity contribution is -0.133. The molecule has 1 unspecified atom stereocenters. The lowest BCUT2D eigenvalue weighted by Crippen LogP contribution is -2.30. The van der Waals surface area contributed by atoms with Gasteiger partial charge in [0, 0.05) is 7.05 Å². The minimum Gasteiger partial charge on any atom is -0.491 e. The summed E-state index contributed by atoms with van der Waals surface area (Å²) in [6, 6.07) is 8.92. The molecule has 1 atom stereocenters. The van der Waals surface area contributed by atoms with Gasteiger partial charge in [0.15, 0.2) is 16.3 Å². The Labute approximate surface area is 162 Å². The van der Waals surface area contributed by atoms with Gasteiger partial charge in [0.2, 0.25) is 0 Å². The highest BCUT2D eigenvalue weighted by atomic mass is 32.2. The number of fused-ring (bicyclic) bond motifs is 1. The average molecular weight is 406 g/mol. The Morgan fingerprint density at radius 3 is 2.71 bits per heavy atom. The van der Waals surface area contributed by atoms with E-state index < -0.39 is 23.3 Å². The molecule has 3 rings (SSSR count). The van der Waals surface area contributed by atoms with Crippen LogP contribution in [-0.4, -0.2) is 53.7 Å². The zero-order valence-corrected chi connectivity index (χ0v) is 15.7. The number of imidazole rings is 1. The molecule has 0 saturated heterocycles. The molecule has 1 aromatic carbocycles. The van der Waals surface area contributed by atoms with Gasteiger partial charge in [0.05, 0.1) is 12.3 Å². The Morgan fingerprint density at radius 2 is 2.04 bits per heavy atom. The summed E-state index contributed by atoms with van der Waals surface area (Å²) in [4.78, 5) is 41.5. The van der Waals surface area contributed by atoms with Crippen LogP contribution < -0.4 is 16.0 Å². The van der Waals surface area contributed by atoms with Crippen molar-refractivity contribution in [3.63, 3.8) is 0 Å². The first-order valence-electron chi connectivity index (χ1n) is 8.27. The fourth-order valence-electron chi connectivity index (χ4n) is 2.59. The molecule has 0 aliphatic carbocycles. The third-order valence-corrected chi connectivity index (χ3v) is 4.84. The van der Waals surface area contributed by atoms with Crippen molar-refractivity contribution in [1.29, 1.82) is 0 Å². The molecule has 28 heavy (non-hydrogen) atoms. The summed E-state index contributed by atoms with van der Waals surface area (Å²) in [6.45, 7) is -0.108. The predicted octanol–water partition coefficient (Wildman–Crippen LogP) is 0.0399. The Balaban J connectivity index is 1.91. The molecule has 3 aromatic rings. The highest BCUT2D eigenvalue weighted by molar-refractivity contribution is 7.99. The number of aliphatic carboxylic acids is 1. The molecule has 2 heterocycles. The van der Waals surface area contributed by atoms with Crippen LogP contribution in [0.5, 0.6) is 5.75 Å².